The first kappa shape index (κ1) is 8.81. The summed E-state index contributed by atoms with van der Waals surface area (Å²) in [6.07, 6.45) is 6.71. The van der Waals surface area contributed by atoms with Crippen LogP contribution >= 0.6 is 11.8 Å². The third-order valence-corrected chi connectivity index (χ3v) is 3.08. The molecule has 13 heavy (non-hydrogen) atoms. The summed E-state index contributed by atoms with van der Waals surface area (Å²) in [5, 5.41) is 1.07. The molecule has 1 aromatic rings. The van der Waals surface area contributed by atoms with Crippen molar-refractivity contribution in [3.8, 4) is 0 Å². The molecule has 0 fully saturated rings. The molecule has 2 N–H and O–H groups in total. The first-order chi connectivity index (χ1) is 6.31. The average Bonchev–Trinajstić information content (AvgIpc) is 2.16. The second-order valence-corrected chi connectivity index (χ2v) is 4.02. The summed E-state index contributed by atoms with van der Waals surface area (Å²) in [6, 6.07) is 0. The van der Waals surface area contributed by atoms with Crippen LogP contribution in [0.1, 0.15) is 24.1 Å². The van der Waals surface area contributed by atoms with Crippen molar-refractivity contribution in [1.29, 1.82) is 0 Å². The number of fused-ring (bicyclic) bond motifs is 1. The quantitative estimate of drug-likeness (QED) is 0.547. The van der Waals surface area contributed by atoms with Gasteiger partial charge in [-0.1, -0.05) is 0 Å². The third-order valence-electron chi connectivity index (χ3n) is 2.36. The molecule has 0 unspecified atom stereocenters. The fourth-order valence-electron chi connectivity index (χ4n) is 1.75. The molecule has 1 aliphatic carbocycles. The first-order valence-electron chi connectivity index (χ1n) is 4.50. The summed E-state index contributed by atoms with van der Waals surface area (Å²) in [7, 11) is 0. The molecule has 4 heteroatoms. The number of nitrogens with zero attached hydrogens (tertiary/aromatic N) is 2. The molecular formula is C9H13N3S. The number of rotatable bonds is 1. The van der Waals surface area contributed by atoms with Crippen LogP contribution in [0.3, 0.4) is 0 Å². The highest BCUT2D eigenvalue weighted by Crippen LogP contribution is 2.27. The number of nitrogen functional groups attached to an aromatic ring is 1. The molecule has 0 saturated carbocycles. The Labute approximate surface area is 82.2 Å². The molecule has 0 aliphatic heterocycles. The fourth-order valence-corrected chi connectivity index (χ4v) is 2.40. The summed E-state index contributed by atoms with van der Waals surface area (Å²) >= 11 is 1.67. The number of hydrogen-bond donors (Lipinski definition) is 1. The average molecular weight is 195 g/mol. The summed E-state index contributed by atoms with van der Waals surface area (Å²) in [5.74, 6) is 0.421. The topological polar surface area (TPSA) is 51.8 Å². The summed E-state index contributed by atoms with van der Waals surface area (Å²) in [5.41, 5.74) is 8.12. The van der Waals surface area contributed by atoms with Crippen LogP contribution < -0.4 is 5.73 Å². The smallest absolute Gasteiger partial charge is 0.221 e. The van der Waals surface area contributed by atoms with Gasteiger partial charge >= 0.3 is 0 Å². The van der Waals surface area contributed by atoms with Crippen LogP contribution in [0.4, 0.5) is 5.95 Å². The van der Waals surface area contributed by atoms with Crippen molar-refractivity contribution >= 4 is 17.7 Å². The van der Waals surface area contributed by atoms with Gasteiger partial charge in [0.25, 0.3) is 0 Å². The van der Waals surface area contributed by atoms with E-state index in [2.05, 4.69) is 9.97 Å². The highest BCUT2D eigenvalue weighted by molar-refractivity contribution is 7.98. The minimum atomic E-state index is 0.421. The molecule has 0 radical (unpaired) electrons. The number of aromatic nitrogens is 2. The van der Waals surface area contributed by atoms with Gasteiger partial charge in [0.15, 0.2) is 0 Å². The number of nitrogens with two attached hydrogens (primary N) is 1. The van der Waals surface area contributed by atoms with E-state index in [1.165, 1.54) is 24.1 Å². The lowest BCUT2D eigenvalue weighted by atomic mass is 9.97. The Morgan fingerprint density at radius 3 is 2.77 bits per heavy atom. The predicted molar refractivity (Wildman–Crippen MR) is 54.9 cm³/mol. The van der Waals surface area contributed by atoms with E-state index >= 15 is 0 Å². The second-order valence-electron chi connectivity index (χ2n) is 3.22. The van der Waals surface area contributed by atoms with Gasteiger partial charge in [-0.3, -0.25) is 0 Å². The molecule has 1 heterocycles. The Morgan fingerprint density at radius 1 is 1.23 bits per heavy atom. The minimum absolute atomic E-state index is 0.421. The van der Waals surface area contributed by atoms with E-state index < -0.39 is 0 Å². The van der Waals surface area contributed by atoms with Gasteiger partial charge in [-0.05, 0) is 31.9 Å². The third kappa shape index (κ3) is 1.63. The van der Waals surface area contributed by atoms with Crippen LogP contribution in [-0.4, -0.2) is 16.2 Å². The van der Waals surface area contributed by atoms with Gasteiger partial charge < -0.3 is 5.73 Å². The zero-order valence-corrected chi connectivity index (χ0v) is 8.52. The summed E-state index contributed by atoms with van der Waals surface area (Å²) < 4.78 is 0. The largest absolute Gasteiger partial charge is 0.368 e. The number of anilines is 1. The van der Waals surface area contributed by atoms with Crippen molar-refractivity contribution in [2.24, 2.45) is 0 Å². The van der Waals surface area contributed by atoms with E-state index in [0.717, 1.165) is 17.9 Å². The van der Waals surface area contributed by atoms with Gasteiger partial charge in [0.2, 0.25) is 5.95 Å². The van der Waals surface area contributed by atoms with Gasteiger partial charge in [0.1, 0.15) is 5.03 Å². The fraction of sp³-hybridized carbons (Fsp3) is 0.556. The van der Waals surface area contributed by atoms with Crippen molar-refractivity contribution in [3.63, 3.8) is 0 Å². The van der Waals surface area contributed by atoms with Gasteiger partial charge in [0, 0.05) is 5.56 Å². The summed E-state index contributed by atoms with van der Waals surface area (Å²) in [4.78, 5) is 8.51. The molecule has 3 nitrogen and oxygen atoms in total. The molecule has 2 rings (SSSR count). The Morgan fingerprint density at radius 2 is 2.00 bits per heavy atom. The lowest BCUT2D eigenvalue weighted by Gasteiger charge is -2.16. The van der Waals surface area contributed by atoms with Crippen LogP contribution in [0.25, 0.3) is 0 Å². The van der Waals surface area contributed by atoms with Crippen molar-refractivity contribution in [3.05, 3.63) is 11.3 Å². The number of thioether (sulfide) groups is 1. The molecule has 1 aromatic heterocycles. The van der Waals surface area contributed by atoms with E-state index in [-0.39, 0.29) is 0 Å². The van der Waals surface area contributed by atoms with E-state index in [1.807, 2.05) is 6.26 Å². The van der Waals surface area contributed by atoms with Crippen molar-refractivity contribution in [1.82, 2.24) is 9.97 Å². The minimum Gasteiger partial charge on any atom is -0.368 e. The molecule has 70 valence electrons. The van der Waals surface area contributed by atoms with Crippen LogP contribution in [0.15, 0.2) is 5.03 Å². The van der Waals surface area contributed by atoms with Crippen LogP contribution in [-0.2, 0) is 12.8 Å². The molecule has 0 atom stereocenters. The normalized spacial score (nSPS) is 15.5. The van der Waals surface area contributed by atoms with Crippen LogP contribution in [0.5, 0.6) is 0 Å². The maximum Gasteiger partial charge on any atom is 0.221 e. The Kier molecular flexibility index (Phi) is 2.40. The van der Waals surface area contributed by atoms with Gasteiger partial charge in [-0.15, -0.1) is 11.8 Å². The van der Waals surface area contributed by atoms with Crippen LogP contribution in [0, 0.1) is 0 Å². The molecule has 0 bridgehead atoms. The van der Waals surface area contributed by atoms with E-state index in [0.29, 0.717) is 5.95 Å². The van der Waals surface area contributed by atoms with E-state index in [4.69, 9.17) is 5.73 Å². The highest BCUT2D eigenvalue weighted by Gasteiger charge is 2.15. The zero-order valence-electron chi connectivity index (χ0n) is 7.71. The molecule has 0 aromatic carbocycles. The molecule has 0 spiro atoms. The Balaban J connectivity index is 2.50. The number of hydrogen-bond acceptors (Lipinski definition) is 4. The number of aryl methyl sites for hydroxylation is 1. The first-order valence-corrected chi connectivity index (χ1v) is 5.73. The predicted octanol–water partition coefficient (Wildman–Crippen LogP) is 1.66. The Hall–Kier alpha value is -0.770. The van der Waals surface area contributed by atoms with Crippen molar-refractivity contribution < 1.29 is 0 Å². The Bertz CT molecular complexity index is 308. The lowest BCUT2D eigenvalue weighted by molar-refractivity contribution is 0.648. The van der Waals surface area contributed by atoms with E-state index in [1.54, 1.807) is 11.8 Å². The summed E-state index contributed by atoms with van der Waals surface area (Å²) in [6.45, 7) is 0. The van der Waals surface area contributed by atoms with Crippen LogP contribution in [0.2, 0.25) is 0 Å². The van der Waals surface area contributed by atoms with Crippen molar-refractivity contribution in [2.45, 2.75) is 30.7 Å². The SMILES string of the molecule is CSc1nc(N)nc2c1CCCC2. The standard InChI is InChI=1S/C9H13N3S/c1-13-8-6-4-2-3-5-7(6)11-9(10)12-8/h2-5H2,1H3,(H2,10,11,12). The van der Waals surface area contributed by atoms with Crippen molar-refractivity contribution in [2.75, 3.05) is 12.0 Å². The van der Waals surface area contributed by atoms with Gasteiger partial charge in [-0.2, -0.15) is 0 Å². The monoisotopic (exact) mass is 195 g/mol. The maximum atomic E-state index is 5.62. The molecule has 0 saturated heterocycles. The molecule has 0 amide bonds. The van der Waals surface area contributed by atoms with Gasteiger partial charge in [0.05, 0.1) is 5.69 Å². The zero-order chi connectivity index (χ0) is 9.26. The van der Waals surface area contributed by atoms with E-state index in [9.17, 15) is 0 Å². The molecular weight excluding hydrogens is 182 g/mol. The maximum absolute atomic E-state index is 5.62. The molecule has 1 aliphatic rings. The second kappa shape index (κ2) is 3.54. The van der Waals surface area contributed by atoms with Gasteiger partial charge in [-0.25, -0.2) is 9.97 Å². The highest BCUT2D eigenvalue weighted by atomic mass is 32.2. The lowest BCUT2D eigenvalue weighted by Crippen LogP contribution is -2.10.